The Morgan fingerprint density at radius 3 is 1.80 bits per heavy atom. The number of nitrogens with two attached hydrogens (primary N) is 1. The number of nitrogen functional groups attached to an aromatic ring is 1. The summed E-state index contributed by atoms with van der Waals surface area (Å²) in [5, 5.41) is 3.04. The number of halogens is 2. The van der Waals surface area contributed by atoms with Gasteiger partial charge < -0.3 is 0 Å². The molecule has 3 N–H and O–H groups in total. The normalized spacial score (nSPS) is 15.1. The Labute approximate surface area is 191 Å². The second-order valence-electron chi connectivity index (χ2n) is 6.24. The molecule has 0 radical (unpaired) electrons. The van der Waals surface area contributed by atoms with E-state index in [-0.39, 0.29) is 10.8 Å². The average Bonchev–Trinajstić information content (AvgIpc) is 3.19. The van der Waals surface area contributed by atoms with Gasteiger partial charge in [-0.1, -0.05) is 23.2 Å². The number of nitrogens with one attached hydrogen (secondary N) is 1. The van der Waals surface area contributed by atoms with Gasteiger partial charge in [-0.3, -0.25) is 24.8 Å². The molecule has 1 aromatic heterocycles. The third kappa shape index (κ3) is 3.66. The third-order valence-corrected chi connectivity index (χ3v) is 6.09. The zero-order chi connectivity index (χ0) is 21.4. The number of aromatic nitrogens is 1. The van der Waals surface area contributed by atoms with E-state index < -0.39 is 17.7 Å². The number of amides is 2. The van der Waals surface area contributed by atoms with Gasteiger partial charge in [-0.15, -0.1) is 11.3 Å². The van der Waals surface area contributed by atoms with E-state index in [1.165, 1.54) is 21.1 Å². The predicted molar refractivity (Wildman–Crippen MR) is 123 cm³/mol. The van der Waals surface area contributed by atoms with Gasteiger partial charge in [-0.05, 0) is 60.7 Å². The molecule has 1 fully saturated rings. The smallest absolute Gasteiger partial charge is 0.252 e. The van der Waals surface area contributed by atoms with Gasteiger partial charge in [0.05, 0.1) is 17.1 Å². The maximum absolute atomic E-state index is 13.4. The highest BCUT2D eigenvalue weighted by atomic mass is 35.5. The zero-order valence-corrected chi connectivity index (χ0v) is 18.2. The van der Waals surface area contributed by atoms with Crippen molar-refractivity contribution in [2.45, 2.75) is 5.92 Å². The van der Waals surface area contributed by atoms with Crippen LogP contribution in [0.15, 0.2) is 53.9 Å². The number of hydrogen-bond acceptors (Lipinski definition) is 7. The van der Waals surface area contributed by atoms with E-state index in [2.05, 4.69) is 10.4 Å². The van der Waals surface area contributed by atoms with Crippen LogP contribution in [0.5, 0.6) is 0 Å². The second kappa shape index (κ2) is 8.29. The van der Waals surface area contributed by atoms with Crippen molar-refractivity contribution in [3.63, 3.8) is 0 Å². The molecule has 0 aliphatic carbocycles. The maximum atomic E-state index is 13.4. The molecule has 1 saturated heterocycles. The minimum Gasteiger partial charge on any atom is -0.300 e. The Bertz CT molecular complexity index is 1070. The number of nitrogens with zero attached hydrogens (tertiary/aromatic N) is 3. The zero-order valence-electron chi connectivity index (χ0n) is 15.1. The number of hydrogen-bond donors (Lipinski definition) is 2. The number of rotatable bonds is 4. The first-order valence-corrected chi connectivity index (χ1v) is 10.6. The molecular weight excluding hydrogens is 465 g/mol. The average molecular weight is 478 g/mol. The summed E-state index contributed by atoms with van der Waals surface area (Å²) < 4.78 is 0. The number of thiocarbonyl (C=S) groups is 1. The van der Waals surface area contributed by atoms with E-state index in [1.54, 1.807) is 53.9 Å². The lowest BCUT2D eigenvalue weighted by atomic mass is 9.99. The van der Waals surface area contributed by atoms with Gasteiger partial charge in [0.1, 0.15) is 0 Å². The molecule has 3 aromatic rings. The van der Waals surface area contributed by atoms with E-state index in [0.717, 1.165) is 0 Å². The first kappa shape index (κ1) is 20.7. The van der Waals surface area contributed by atoms with Crippen LogP contribution in [0.4, 0.5) is 16.5 Å². The topological polar surface area (TPSA) is 91.6 Å². The summed E-state index contributed by atoms with van der Waals surface area (Å²) in [6, 6.07) is 13.2. The predicted octanol–water partition coefficient (Wildman–Crippen LogP) is 4.18. The molecule has 2 aromatic carbocycles. The number of carbonyl (C=O) groups is 2. The van der Waals surface area contributed by atoms with Gasteiger partial charge in [-0.25, -0.2) is 10.8 Å². The second-order valence-corrected chi connectivity index (χ2v) is 8.33. The Kier molecular flexibility index (Phi) is 5.72. The molecule has 0 spiro atoms. The summed E-state index contributed by atoms with van der Waals surface area (Å²) in [7, 11) is 0. The van der Waals surface area contributed by atoms with E-state index in [1.807, 2.05) is 0 Å². The monoisotopic (exact) mass is 477 g/mol. The Morgan fingerprint density at radius 1 is 0.933 bits per heavy atom. The molecule has 0 atom stereocenters. The van der Waals surface area contributed by atoms with Crippen molar-refractivity contribution in [3.8, 4) is 0 Å². The molecule has 1 aliphatic rings. The fourth-order valence-electron chi connectivity index (χ4n) is 3.05. The fourth-order valence-corrected chi connectivity index (χ4v) is 4.34. The molecular formula is C19H13Cl2N5O2S2. The lowest BCUT2D eigenvalue weighted by Crippen LogP contribution is -2.59. The summed E-state index contributed by atoms with van der Waals surface area (Å²) in [6.45, 7) is 0. The third-order valence-electron chi connectivity index (χ3n) is 4.43. The lowest BCUT2D eigenvalue weighted by Gasteiger charge is -2.38. The van der Waals surface area contributed by atoms with E-state index in [4.69, 9.17) is 41.3 Å². The molecule has 4 rings (SSSR count). The Morgan fingerprint density at radius 2 is 1.40 bits per heavy atom. The summed E-state index contributed by atoms with van der Waals surface area (Å²) in [6.07, 6.45) is 0. The van der Waals surface area contributed by atoms with Crippen LogP contribution in [0.1, 0.15) is 11.6 Å². The summed E-state index contributed by atoms with van der Waals surface area (Å²) in [5.74, 6) is 3.20. The van der Waals surface area contributed by atoms with Crippen molar-refractivity contribution in [3.05, 3.63) is 69.7 Å². The van der Waals surface area contributed by atoms with E-state index >= 15 is 0 Å². The van der Waals surface area contributed by atoms with Gasteiger partial charge in [0, 0.05) is 15.4 Å². The van der Waals surface area contributed by atoms with Crippen molar-refractivity contribution < 1.29 is 9.59 Å². The molecule has 7 nitrogen and oxygen atoms in total. The number of benzene rings is 2. The molecule has 2 heterocycles. The Balaban J connectivity index is 1.84. The standard InChI is InChI=1S/C19H13Cl2N5O2S2/c20-10-1-5-12(6-2-10)25-16(27)15(14-9-30-18(23-14)24-22)17(28)26(19(25)29)13-7-3-11(21)4-8-13/h1-9,15H,22H2,(H,23,24). The molecule has 1 aliphatic heterocycles. The quantitative estimate of drug-likeness (QED) is 0.253. The summed E-state index contributed by atoms with van der Waals surface area (Å²) in [4.78, 5) is 33.7. The highest BCUT2D eigenvalue weighted by molar-refractivity contribution is 7.81. The Hall–Kier alpha value is -2.56. The SMILES string of the molecule is NNc1nc(C2C(=O)N(c3ccc(Cl)cc3)C(=S)N(c3ccc(Cl)cc3)C2=O)cs1. The van der Waals surface area contributed by atoms with Crippen molar-refractivity contribution in [1.29, 1.82) is 0 Å². The van der Waals surface area contributed by atoms with Crippen LogP contribution in [-0.4, -0.2) is 21.9 Å². The molecule has 0 bridgehead atoms. The van der Waals surface area contributed by atoms with Crippen LogP contribution in [0.2, 0.25) is 10.0 Å². The minimum absolute atomic E-state index is 0.0262. The number of anilines is 3. The number of carbonyl (C=O) groups excluding carboxylic acids is 2. The highest BCUT2D eigenvalue weighted by Gasteiger charge is 2.47. The largest absolute Gasteiger partial charge is 0.300 e. The number of hydrazine groups is 1. The van der Waals surface area contributed by atoms with Crippen LogP contribution in [0.3, 0.4) is 0 Å². The first-order chi connectivity index (χ1) is 14.4. The molecule has 0 saturated carbocycles. The van der Waals surface area contributed by atoms with Crippen LogP contribution in [-0.2, 0) is 9.59 Å². The van der Waals surface area contributed by atoms with Crippen LogP contribution in [0, 0.1) is 0 Å². The summed E-state index contributed by atoms with van der Waals surface area (Å²) in [5.41, 5.74) is 3.68. The van der Waals surface area contributed by atoms with Gasteiger partial charge in [0.2, 0.25) is 0 Å². The van der Waals surface area contributed by atoms with E-state index in [9.17, 15) is 9.59 Å². The van der Waals surface area contributed by atoms with E-state index in [0.29, 0.717) is 26.6 Å². The van der Waals surface area contributed by atoms with Gasteiger partial charge in [0.25, 0.3) is 11.8 Å². The molecule has 2 amide bonds. The van der Waals surface area contributed by atoms with Crippen LogP contribution in [0.25, 0.3) is 0 Å². The highest BCUT2D eigenvalue weighted by Crippen LogP contribution is 2.35. The van der Waals surface area contributed by atoms with Gasteiger partial charge in [0.15, 0.2) is 16.2 Å². The van der Waals surface area contributed by atoms with Crippen molar-refractivity contribution in [2.24, 2.45) is 5.84 Å². The van der Waals surface area contributed by atoms with Crippen LogP contribution < -0.4 is 21.1 Å². The maximum Gasteiger partial charge on any atom is 0.252 e. The van der Waals surface area contributed by atoms with Crippen molar-refractivity contribution in [1.82, 2.24) is 4.98 Å². The molecule has 0 unspecified atom stereocenters. The minimum atomic E-state index is -1.19. The lowest BCUT2D eigenvalue weighted by molar-refractivity contribution is -0.128. The first-order valence-electron chi connectivity index (χ1n) is 8.56. The van der Waals surface area contributed by atoms with Crippen molar-refractivity contribution >= 4 is 80.2 Å². The fraction of sp³-hybridized carbons (Fsp3) is 0.0526. The molecule has 11 heteroatoms. The van der Waals surface area contributed by atoms with Crippen molar-refractivity contribution in [2.75, 3.05) is 15.2 Å². The van der Waals surface area contributed by atoms with Crippen LogP contribution >= 0.6 is 46.8 Å². The molecule has 152 valence electrons. The molecule has 30 heavy (non-hydrogen) atoms. The van der Waals surface area contributed by atoms with Gasteiger partial charge >= 0.3 is 0 Å². The summed E-state index contributed by atoms with van der Waals surface area (Å²) >= 11 is 18.7. The van der Waals surface area contributed by atoms with Gasteiger partial charge in [-0.2, -0.15) is 0 Å². The number of thiazole rings is 1.